The fourth-order valence-electron chi connectivity index (χ4n) is 3.11. The predicted octanol–water partition coefficient (Wildman–Crippen LogP) is 1.96. The van der Waals surface area contributed by atoms with Crippen LogP contribution in [0.3, 0.4) is 0 Å². The molecule has 2 N–H and O–H groups in total. The van der Waals surface area contributed by atoms with E-state index >= 15 is 0 Å². The van der Waals surface area contributed by atoms with Gasteiger partial charge in [0, 0.05) is 25.1 Å². The minimum atomic E-state index is -2.90. The third-order valence-electron chi connectivity index (χ3n) is 4.63. The molecule has 1 aromatic rings. The molecule has 0 saturated carbocycles. The molecule has 1 heterocycles. The molecule has 1 saturated heterocycles. The van der Waals surface area contributed by atoms with Crippen molar-refractivity contribution in [3.63, 3.8) is 0 Å². The van der Waals surface area contributed by atoms with Gasteiger partial charge in [-0.15, -0.1) is 0 Å². The van der Waals surface area contributed by atoms with E-state index in [1.807, 2.05) is 32.0 Å². The Morgan fingerprint density at radius 3 is 2.59 bits per heavy atom. The molecule has 0 bridgehead atoms. The lowest BCUT2D eigenvalue weighted by Crippen LogP contribution is -2.44. The first kappa shape index (κ1) is 17.4. The Morgan fingerprint density at radius 1 is 1.32 bits per heavy atom. The summed E-state index contributed by atoms with van der Waals surface area (Å²) in [6.45, 7) is 4.86. The van der Waals surface area contributed by atoms with Gasteiger partial charge in [0.15, 0.2) is 9.84 Å². The average molecular weight is 325 g/mol. The lowest BCUT2D eigenvalue weighted by molar-refractivity contribution is 0.127. The minimum absolute atomic E-state index is 0.0273. The number of rotatable bonds is 6. The van der Waals surface area contributed by atoms with E-state index in [0.29, 0.717) is 12.3 Å². The van der Waals surface area contributed by atoms with E-state index in [-0.39, 0.29) is 29.7 Å². The Kier molecular flexibility index (Phi) is 5.64. The van der Waals surface area contributed by atoms with Crippen molar-refractivity contribution in [3.05, 3.63) is 35.9 Å². The smallest absolute Gasteiger partial charge is 0.151 e. The van der Waals surface area contributed by atoms with Crippen LogP contribution in [0, 0.1) is 5.41 Å². The molecule has 1 fully saturated rings. The van der Waals surface area contributed by atoms with Crippen molar-refractivity contribution >= 4 is 9.84 Å². The highest BCUT2D eigenvalue weighted by Crippen LogP contribution is 2.34. The largest absolute Gasteiger partial charge is 0.396 e. The highest BCUT2D eigenvalue weighted by atomic mass is 32.2. The third kappa shape index (κ3) is 4.54. The average Bonchev–Trinajstić information content (AvgIpc) is 2.47. The predicted molar refractivity (Wildman–Crippen MR) is 89.7 cm³/mol. The number of hydrogen-bond acceptors (Lipinski definition) is 4. The minimum Gasteiger partial charge on any atom is -0.396 e. The van der Waals surface area contributed by atoms with Crippen LogP contribution < -0.4 is 5.32 Å². The maximum atomic E-state index is 11.7. The molecule has 0 aromatic heterocycles. The van der Waals surface area contributed by atoms with Crippen LogP contribution >= 0.6 is 0 Å². The van der Waals surface area contributed by atoms with E-state index < -0.39 is 9.84 Å². The molecule has 0 aliphatic carbocycles. The topological polar surface area (TPSA) is 66.4 Å². The van der Waals surface area contributed by atoms with Crippen molar-refractivity contribution in [2.24, 2.45) is 5.41 Å². The maximum absolute atomic E-state index is 11.7. The van der Waals surface area contributed by atoms with Crippen LogP contribution in [-0.2, 0) is 9.84 Å². The fourth-order valence-corrected chi connectivity index (χ4v) is 4.78. The standard InChI is InChI=1S/C17H27NO3S/c1-17(2,13-19)16(14-7-4-3-5-8-14)11-18-15-9-6-10-22(20,21)12-15/h3-5,7-8,15-16,18-19H,6,9-13H2,1-2H3. The van der Waals surface area contributed by atoms with Gasteiger partial charge in [-0.2, -0.15) is 0 Å². The Bertz CT molecular complexity index is 569. The number of aliphatic hydroxyl groups is 1. The summed E-state index contributed by atoms with van der Waals surface area (Å²) in [6.07, 6.45) is 1.64. The summed E-state index contributed by atoms with van der Waals surface area (Å²) < 4.78 is 23.5. The quantitative estimate of drug-likeness (QED) is 0.839. The van der Waals surface area contributed by atoms with Crippen molar-refractivity contribution in [1.82, 2.24) is 5.32 Å². The van der Waals surface area contributed by atoms with E-state index in [1.165, 1.54) is 5.56 Å². The second kappa shape index (κ2) is 7.11. The zero-order valence-electron chi connectivity index (χ0n) is 13.5. The van der Waals surface area contributed by atoms with E-state index in [2.05, 4.69) is 17.4 Å². The molecule has 0 radical (unpaired) electrons. The van der Waals surface area contributed by atoms with Gasteiger partial charge >= 0.3 is 0 Å². The molecule has 4 nitrogen and oxygen atoms in total. The van der Waals surface area contributed by atoms with Crippen molar-refractivity contribution in [2.75, 3.05) is 24.7 Å². The van der Waals surface area contributed by atoms with Crippen LogP contribution in [0.5, 0.6) is 0 Å². The van der Waals surface area contributed by atoms with Crippen molar-refractivity contribution < 1.29 is 13.5 Å². The molecule has 22 heavy (non-hydrogen) atoms. The summed E-state index contributed by atoms with van der Waals surface area (Å²) in [4.78, 5) is 0. The summed E-state index contributed by atoms with van der Waals surface area (Å²) in [6, 6.07) is 10.2. The summed E-state index contributed by atoms with van der Waals surface area (Å²) in [5, 5.41) is 13.1. The van der Waals surface area contributed by atoms with Crippen LogP contribution in [0.2, 0.25) is 0 Å². The lowest BCUT2D eigenvalue weighted by Gasteiger charge is -2.35. The van der Waals surface area contributed by atoms with Crippen LogP contribution in [-0.4, -0.2) is 44.2 Å². The van der Waals surface area contributed by atoms with Gasteiger partial charge in [-0.05, 0) is 23.8 Å². The lowest BCUT2D eigenvalue weighted by atomic mass is 9.75. The molecule has 1 aliphatic rings. The normalized spacial score (nSPS) is 23.1. The molecule has 0 amide bonds. The second-order valence-corrected chi connectivity index (χ2v) is 9.20. The summed E-state index contributed by atoms with van der Waals surface area (Å²) >= 11 is 0. The van der Waals surface area contributed by atoms with Gasteiger partial charge in [0.1, 0.15) is 0 Å². The van der Waals surface area contributed by atoms with Crippen LogP contribution in [0.1, 0.15) is 38.2 Å². The zero-order chi connectivity index (χ0) is 16.2. The molecule has 1 aromatic carbocycles. The summed E-state index contributed by atoms with van der Waals surface area (Å²) in [7, 11) is -2.90. The highest BCUT2D eigenvalue weighted by Gasteiger charge is 2.32. The van der Waals surface area contributed by atoms with E-state index in [0.717, 1.165) is 12.8 Å². The molecule has 0 spiro atoms. The second-order valence-electron chi connectivity index (χ2n) is 6.97. The van der Waals surface area contributed by atoms with Crippen molar-refractivity contribution in [2.45, 2.75) is 38.6 Å². The number of benzene rings is 1. The van der Waals surface area contributed by atoms with Crippen molar-refractivity contribution in [3.8, 4) is 0 Å². The first-order chi connectivity index (χ1) is 10.3. The first-order valence-corrected chi connectivity index (χ1v) is 9.76. The molecule has 124 valence electrons. The Labute approximate surface area is 133 Å². The number of nitrogens with one attached hydrogen (secondary N) is 1. The van der Waals surface area contributed by atoms with Crippen molar-refractivity contribution in [1.29, 1.82) is 0 Å². The van der Waals surface area contributed by atoms with Gasteiger partial charge in [0.05, 0.1) is 11.5 Å². The van der Waals surface area contributed by atoms with Gasteiger partial charge < -0.3 is 10.4 Å². The van der Waals surface area contributed by atoms with E-state index in [1.54, 1.807) is 0 Å². The Morgan fingerprint density at radius 2 is 2.00 bits per heavy atom. The molecule has 2 rings (SSSR count). The van der Waals surface area contributed by atoms with Gasteiger partial charge in [0.2, 0.25) is 0 Å². The maximum Gasteiger partial charge on any atom is 0.151 e. The molecular formula is C17H27NO3S. The number of hydrogen-bond donors (Lipinski definition) is 2. The molecule has 2 atom stereocenters. The van der Waals surface area contributed by atoms with Crippen LogP contribution in [0.15, 0.2) is 30.3 Å². The molecule has 2 unspecified atom stereocenters. The van der Waals surface area contributed by atoms with E-state index in [4.69, 9.17) is 0 Å². The molecule has 5 heteroatoms. The van der Waals surface area contributed by atoms with Gasteiger partial charge in [0.25, 0.3) is 0 Å². The van der Waals surface area contributed by atoms with Gasteiger partial charge in [-0.1, -0.05) is 44.2 Å². The van der Waals surface area contributed by atoms with E-state index in [9.17, 15) is 13.5 Å². The van der Waals surface area contributed by atoms with Crippen LogP contribution in [0.4, 0.5) is 0 Å². The molecular weight excluding hydrogens is 298 g/mol. The number of aliphatic hydroxyl groups excluding tert-OH is 1. The third-order valence-corrected chi connectivity index (χ3v) is 6.45. The highest BCUT2D eigenvalue weighted by molar-refractivity contribution is 7.91. The van der Waals surface area contributed by atoms with Gasteiger partial charge in [-0.25, -0.2) is 8.42 Å². The van der Waals surface area contributed by atoms with Gasteiger partial charge in [-0.3, -0.25) is 0 Å². The number of sulfone groups is 1. The Hall–Kier alpha value is -0.910. The summed E-state index contributed by atoms with van der Waals surface area (Å²) in [5.74, 6) is 0.687. The first-order valence-electron chi connectivity index (χ1n) is 7.94. The monoisotopic (exact) mass is 325 g/mol. The fraction of sp³-hybridized carbons (Fsp3) is 0.647. The van der Waals surface area contributed by atoms with Crippen LogP contribution in [0.25, 0.3) is 0 Å². The zero-order valence-corrected chi connectivity index (χ0v) is 14.3. The summed E-state index contributed by atoms with van der Waals surface area (Å²) in [5.41, 5.74) is 0.912. The Balaban J connectivity index is 2.08. The molecule has 1 aliphatic heterocycles. The SMILES string of the molecule is CC(C)(CO)C(CNC1CCCS(=O)(=O)C1)c1ccccc1.